The van der Waals surface area contributed by atoms with E-state index in [1.807, 2.05) is 0 Å². The fraction of sp³-hybridized carbons (Fsp3) is 0.212. The number of hydrogen-bond donors (Lipinski definition) is 0. The lowest BCUT2D eigenvalue weighted by Gasteiger charge is -2.36. The lowest BCUT2D eigenvalue weighted by atomic mass is 9.66. The molecular formula is C33H27N. The first kappa shape index (κ1) is 18.8. The molecule has 8 rings (SSSR count). The van der Waals surface area contributed by atoms with E-state index in [9.17, 15) is 0 Å². The molecule has 6 aromatic rings. The van der Waals surface area contributed by atoms with Gasteiger partial charge in [-0.1, -0.05) is 98.1 Å². The third-order valence-electron chi connectivity index (χ3n) is 8.94. The van der Waals surface area contributed by atoms with Crippen LogP contribution >= 0.6 is 0 Å². The molecular weight excluding hydrogens is 410 g/mol. The van der Waals surface area contributed by atoms with E-state index in [0.29, 0.717) is 0 Å². The summed E-state index contributed by atoms with van der Waals surface area (Å²) in [7, 11) is 2.27. The number of aryl methyl sites for hydroxylation is 1. The molecule has 0 unspecified atom stereocenters. The van der Waals surface area contributed by atoms with Gasteiger partial charge >= 0.3 is 0 Å². The Morgan fingerprint density at radius 3 is 2.21 bits per heavy atom. The number of aromatic nitrogens is 1. The van der Waals surface area contributed by atoms with E-state index < -0.39 is 0 Å². The highest BCUT2D eigenvalue weighted by atomic mass is 14.9. The van der Waals surface area contributed by atoms with Crippen molar-refractivity contribution < 1.29 is 0 Å². The first-order chi connectivity index (χ1) is 16.8. The average molecular weight is 438 g/mol. The van der Waals surface area contributed by atoms with Gasteiger partial charge in [0, 0.05) is 34.1 Å². The highest BCUT2D eigenvalue weighted by molar-refractivity contribution is 6.30. The summed E-state index contributed by atoms with van der Waals surface area (Å²) < 4.78 is 2.47. The zero-order valence-corrected chi connectivity index (χ0v) is 19.6. The molecule has 1 heteroatoms. The number of fused-ring (bicyclic) bond motifs is 14. The molecule has 5 aromatic carbocycles. The molecule has 0 saturated heterocycles. The van der Waals surface area contributed by atoms with Gasteiger partial charge in [-0.25, -0.2) is 0 Å². The standard InChI is InChI=1S/C33H27N/c1-34-27-18-17-21-11-3-4-12-22(21)29(27)30-31-28(23-13-5-6-14-24(23)32(30)34)25-15-7-8-16-26(25)33(31)19-9-2-10-20-33/h3-8,11-18H,2,9-10,19-20H2,1H3. The molecule has 1 aromatic heterocycles. The zero-order chi connectivity index (χ0) is 22.4. The molecule has 1 spiro atoms. The summed E-state index contributed by atoms with van der Waals surface area (Å²) in [6.07, 6.45) is 6.49. The predicted molar refractivity (Wildman–Crippen MR) is 145 cm³/mol. The smallest absolute Gasteiger partial charge is 0.0572 e. The minimum absolute atomic E-state index is 0.123. The van der Waals surface area contributed by atoms with Crippen LogP contribution < -0.4 is 0 Å². The van der Waals surface area contributed by atoms with Gasteiger partial charge in [-0.2, -0.15) is 0 Å². The van der Waals surface area contributed by atoms with E-state index >= 15 is 0 Å². The lowest BCUT2D eigenvalue weighted by molar-refractivity contribution is 0.355. The van der Waals surface area contributed by atoms with Crippen molar-refractivity contribution in [1.29, 1.82) is 0 Å². The van der Waals surface area contributed by atoms with Crippen molar-refractivity contribution in [2.75, 3.05) is 0 Å². The van der Waals surface area contributed by atoms with Crippen molar-refractivity contribution in [3.8, 4) is 11.1 Å². The highest BCUT2D eigenvalue weighted by Crippen LogP contribution is 2.61. The maximum atomic E-state index is 2.47. The number of benzene rings is 5. The second-order valence-electron chi connectivity index (χ2n) is 10.4. The fourth-order valence-electron chi connectivity index (χ4n) is 7.62. The van der Waals surface area contributed by atoms with Crippen LogP contribution in [0.2, 0.25) is 0 Å². The van der Waals surface area contributed by atoms with Crippen LogP contribution in [-0.2, 0) is 12.5 Å². The summed E-state index contributed by atoms with van der Waals surface area (Å²) in [5.41, 5.74) is 9.02. The number of hydrogen-bond acceptors (Lipinski definition) is 0. The van der Waals surface area contributed by atoms with Crippen molar-refractivity contribution in [2.45, 2.75) is 37.5 Å². The van der Waals surface area contributed by atoms with Gasteiger partial charge in [-0.05, 0) is 57.3 Å². The normalized spacial score (nSPS) is 16.6. The summed E-state index contributed by atoms with van der Waals surface area (Å²) in [4.78, 5) is 0. The molecule has 0 amide bonds. The average Bonchev–Trinajstić information content (AvgIpc) is 3.35. The second-order valence-corrected chi connectivity index (χ2v) is 10.4. The van der Waals surface area contributed by atoms with Crippen molar-refractivity contribution in [3.63, 3.8) is 0 Å². The van der Waals surface area contributed by atoms with E-state index in [4.69, 9.17) is 0 Å². The Morgan fingerprint density at radius 2 is 1.35 bits per heavy atom. The second kappa shape index (κ2) is 6.51. The summed E-state index contributed by atoms with van der Waals surface area (Å²) >= 11 is 0. The molecule has 2 aliphatic rings. The summed E-state index contributed by atoms with van der Waals surface area (Å²) in [5.74, 6) is 0. The first-order valence-electron chi connectivity index (χ1n) is 12.7. The Bertz CT molecular complexity index is 1790. The number of rotatable bonds is 0. The van der Waals surface area contributed by atoms with Gasteiger partial charge in [-0.15, -0.1) is 0 Å². The Kier molecular flexibility index (Phi) is 3.60. The summed E-state index contributed by atoms with van der Waals surface area (Å²) in [6, 6.07) is 32.1. The monoisotopic (exact) mass is 437 g/mol. The zero-order valence-electron chi connectivity index (χ0n) is 19.6. The van der Waals surface area contributed by atoms with Crippen LogP contribution in [0.3, 0.4) is 0 Å². The van der Waals surface area contributed by atoms with Crippen molar-refractivity contribution in [3.05, 3.63) is 96.1 Å². The molecule has 164 valence electrons. The van der Waals surface area contributed by atoms with E-state index in [1.165, 1.54) is 86.6 Å². The highest BCUT2D eigenvalue weighted by Gasteiger charge is 2.46. The largest absolute Gasteiger partial charge is 0.343 e. The van der Waals surface area contributed by atoms with Crippen molar-refractivity contribution in [2.24, 2.45) is 7.05 Å². The van der Waals surface area contributed by atoms with Gasteiger partial charge in [0.1, 0.15) is 0 Å². The van der Waals surface area contributed by atoms with Gasteiger partial charge in [0.2, 0.25) is 0 Å². The Morgan fingerprint density at radius 1 is 0.647 bits per heavy atom. The Balaban J connectivity index is 1.73. The molecule has 1 nitrogen and oxygen atoms in total. The van der Waals surface area contributed by atoms with Crippen LogP contribution in [0.5, 0.6) is 0 Å². The molecule has 1 saturated carbocycles. The predicted octanol–water partition coefficient (Wildman–Crippen LogP) is 8.87. The minimum Gasteiger partial charge on any atom is -0.343 e. The molecule has 1 heterocycles. The third-order valence-corrected chi connectivity index (χ3v) is 8.94. The van der Waals surface area contributed by atoms with Gasteiger partial charge in [-0.3, -0.25) is 0 Å². The van der Waals surface area contributed by atoms with Crippen molar-refractivity contribution in [1.82, 2.24) is 4.57 Å². The maximum Gasteiger partial charge on any atom is 0.0572 e. The topological polar surface area (TPSA) is 4.93 Å². The quantitative estimate of drug-likeness (QED) is 0.224. The molecule has 2 aliphatic carbocycles. The van der Waals surface area contributed by atoms with Crippen LogP contribution in [0.25, 0.3) is 54.5 Å². The molecule has 0 atom stereocenters. The summed E-state index contributed by atoms with van der Waals surface area (Å²) in [5, 5.41) is 8.44. The minimum atomic E-state index is 0.123. The fourth-order valence-corrected chi connectivity index (χ4v) is 7.62. The Labute approximate surface area is 199 Å². The molecule has 0 radical (unpaired) electrons. The van der Waals surface area contributed by atoms with E-state index in [2.05, 4.69) is 96.5 Å². The van der Waals surface area contributed by atoms with E-state index in [1.54, 1.807) is 11.1 Å². The van der Waals surface area contributed by atoms with Gasteiger partial charge in [0.25, 0.3) is 0 Å². The molecule has 0 aliphatic heterocycles. The van der Waals surface area contributed by atoms with Gasteiger partial charge < -0.3 is 4.57 Å². The van der Waals surface area contributed by atoms with Crippen LogP contribution in [0.1, 0.15) is 43.2 Å². The summed E-state index contributed by atoms with van der Waals surface area (Å²) in [6.45, 7) is 0. The van der Waals surface area contributed by atoms with Crippen LogP contribution in [0.15, 0.2) is 84.9 Å². The molecule has 34 heavy (non-hydrogen) atoms. The van der Waals surface area contributed by atoms with E-state index in [0.717, 1.165) is 0 Å². The maximum absolute atomic E-state index is 2.47. The first-order valence-corrected chi connectivity index (χ1v) is 12.7. The lowest BCUT2D eigenvalue weighted by Crippen LogP contribution is -2.28. The third kappa shape index (κ3) is 2.12. The van der Waals surface area contributed by atoms with Gasteiger partial charge in [0.15, 0.2) is 0 Å². The molecule has 0 N–H and O–H groups in total. The number of nitrogens with zero attached hydrogens (tertiary/aromatic N) is 1. The van der Waals surface area contributed by atoms with Gasteiger partial charge in [0.05, 0.1) is 5.52 Å². The molecule has 1 fully saturated rings. The molecule has 0 bridgehead atoms. The van der Waals surface area contributed by atoms with Crippen LogP contribution in [-0.4, -0.2) is 4.57 Å². The SMILES string of the molecule is Cn1c2ccc3ccccc3c2c2c3c(c4ccccc4c21)-c1ccccc1C31CCCCC1. The van der Waals surface area contributed by atoms with Crippen LogP contribution in [0, 0.1) is 0 Å². The van der Waals surface area contributed by atoms with Crippen LogP contribution in [0.4, 0.5) is 0 Å². The van der Waals surface area contributed by atoms with E-state index in [-0.39, 0.29) is 5.41 Å². The Hall–Kier alpha value is -3.58. The van der Waals surface area contributed by atoms with Crippen molar-refractivity contribution >= 4 is 43.4 Å².